The fourth-order valence-corrected chi connectivity index (χ4v) is 10.1. The van der Waals surface area contributed by atoms with Crippen LogP contribution < -0.4 is 0 Å². The summed E-state index contributed by atoms with van der Waals surface area (Å²) in [6, 6.07) is 59.8. The van der Waals surface area contributed by atoms with E-state index >= 15 is 0 Å². The maximum absolute atomic E-state index is 6.25. The van der Waals surface area contributed by atoms with Crippen molar-refractivity contribution >= 4 is 108 Å². The van der Waals surface area contributed by atoms with Gasteiger partial charge in [-0.25, -0.2) is 0 Å². The molecule has 0 aliphatic carbocycles. The lowest BCUT2D eigenvalue weighted by atomic mass is 9.89. The lowest BCUT2D eigenvalue weighted by molar-refractivity contribution is 0.669. The molecule has 0 aliphatic rings. The number of aromatic nitrogens is 1. The molecular formula is C48H27NOS. The van der Waals surface area contributed by atoms with Crippen molar-refractivity contribution in [1.29, 1.82) is 0 Å². The third-order valence-electron chi connectivity index (χ3n) is 11.0. The highest BCUT2D eigenvalue weighted by Gasteiger charge is 2.24. The second-order valence-corrected chi connectivity index (χ2v) is 14.6. The predicted molar refractivity (Wildman–Crippen MR) is 219 cm³/mol. The Morgan fingerprint density at radius 1 is 0.392 bits per heavy atom. The summed E-state index contributed by atoms with van der Waals surface area (Å²) in [6.07, 6.45) is 0. The van der Waals surface area contributed by atoms with Crippen LogP contribution in [0.15, 0.2) is 168 Å². The van der Waals surface area contributed by atoms with E-state index in [1.54, 1.807) is 0 Å². The maximum Gasteiger partial charge on any atom is 0.136 e. The van der Waals surface area contributed by atoms with Gasteiger partial charge in [0.2, 0.25) is 0 Å². The number of hydrogen-bond acceptors (Lipinski definition) is 2. The van der Waals surface area contributed by atoms with Crippen LogP contribution in [0.5, 0.6) is 0 Å². The van der Waals surface area contributed by atoms with Crippen molar-refractivity contribution < 1.29 is 4.42 Å². The van der Waals surface area contributed by atoms with Crippen molar-refractivity contribution in [3.63, 3.8) is 0 Å². The van der Waals surface area contributed by atoms with E-state index in [4.69, 9.17) is 4.42 Å². The molecule has 0 saturated heterocycles. The van der Waals surface area contributed by atoms with Crippen LogP contribution in [0, 0.1) is 0 Å². The van der Waals surface area contributed by atoms with Crippen LogP contribution in [-0.4, -0.2) is 4.57 Å². The molecule has 3 heterocycles. The molecule has 0 fully saturated rings. The standard InChI is InChI=1S/C48H27NOS/c1-3-14-35-31(11-1)32-12-2-4-15-36(32)44-43(35)45-37-16-5-8-18-39(37)49(47(45)48-46(44)38-17-7-10-20-42(38)51-48)30-24-21-28(22-25-30)29-23-26-34-33-13-6-9-19-40(33)50-41(34)27-29/h1-27H. The molecule has 3 aromatic heterocycles. The maximum atomic E-state index is 6.25. The third kappa shape index (κ3) is 3.65. The summed E-state index contributed by atoms with van der Waals surface area (Å²) in [5.74, 6) is 0. The highest BCUT2D eigenvalue weighted by Crippen LogP contribution is 2.51. The number of hydrogen-bond donors (Lipinski definition) is 0. The second kappa shape index (κ2) is 10.1. The number of para-hydroxylation sites is 2. The largest absolute Gasteiger partial charge is 0.456 e. The van der Waals surface area contributed by atoms with Gasteiger partial charge in [-0.1, -0.05) is 121 Å². The molecule has 0 amide bonds. The number of thiophene rings is 1. The fraction of sp³-hybridized carbons (Fsp3) is 0. The van der Waals surface area contributed by atoms with Crippen molar-refractivity contribution in [1.82, 2.24) is 4.57 Å². The van der Waals surface area contributed by atoms with Gasteiger partial charge in [-0.2, -0.15) is 0 Å². The van der Waals surface area contributed by atoms with Crippen molar-refractivity contribution in [3.05, 3.63) is 164 Å². The molecule has 0 spiro atoms. The van der Waals surface area contributed by atoms with Crippen LogP contribution in [0.2, 0.25) is 0 Å². The first-order valence-electron chi connectivity index (χ1n) is 17.4. The van der Waals surface area contributed by atoms with Crippen molar-refractivity contribution in [3.8, 4) is 16.8 Å². The number of furan rings is 1. The second-order valence-electron chi connectivity index (χ2n) is 13.6. The van der Waals surface area contributed by atoms with Crippen molar-refractivity contribution in [2.45, 2.75) is 0 Å². The smallest absolute Gasteiger partial charge is 0.136 e. The van der Waals surface area contributed by atoms with Gasteiger partial charge in [-0.05, 0) is 75.1 Å². The fourth-order valence-electron chi connectivity index (χ4n) is 8.81. The molecule has 3 heteroatoms. The normalized spacial score (nSPS) is 12.3. The molecular weight excluding hydrogens is 639 g/mol. The SMILES string of the molecule is c1ccc2c(c1)oc1cc(-c3ccc(-n4c5ccccc5c5c6c7ccccc7c7ccccc7c6c6c7ccccc7sc6c54)cc3)ccc12. The summed E-state index contributed by atoms with van der Waals surface area (Å²) in [5, 5.41) is 15.5. The Bertz CT molecular complexity index is 3410. The van der Waals surface area contributed by atoms with Gasteiger partial charge < -0.3 is 8.98 Å². The molecule has 2 nitrogen and oxygen atoms in total. The minimum Gasteiger partial charge on any atom is -0.456 e. The molecule has 0 N–H and O–H groups in total. The van der Waals surface area contributed by atoms with E-state index in [0.29, 0.717) is 0 Å². The zero-order valence-corrected chi connectivity index (χ0v) is 28.2. The topological polar surface area (TPSA) is 18.1 Å². The number of benzene rings is 9. The monoisotopic (exact) mass is 665 g/mol. The van der Waals surface area contributed by atoms with E-state index in [-0.39, 0.29) is 0 Å². The van der Waals surface area contributed by atoms with E-state index < -0.39 is 0 Å². The van der Waals surface area contributed by atoms with Crippen LogP contribution in [0.3, 0.4) is 0 Å². The summed E-state index contributed by atoms with van der Waals surface area (Å²) in [6.45, 7) is 0. The lowest BCUT2D eigenvalue weighted by Crippen LogP contribution is -1.94. The number of fused-ring (bicyclic) bond motifs is 18. The van der Waals surface area contributed by atoms with Gasteiger partial charge in [0.25, 0.3) is 0 Å². The number of nitrogens with zero attached hydrogens (tertiary/aromatic N) is 1. The molecule has 12 rings (SSSR count). The van der Waals surface area contributed by atoms with E-state index in [1.807, 2.05) is 23.5 Å². The van der Waals surface area contributed by atoms with E-state index in [1.165, 1.54) is 74.3 Å². The molecule has 0 bridgehead atoms. The van der Waals surface area contributed by atoms with Crippen molar-refractivity contribution in [2.75, 3.05) is 0 Å². The van der Waals surface area contributed by atoms with Crippen LogP contribution in [0.25, 0.3) is 113 Å². The Morgan fingerprint density at radius 3 is 1.73 bits per heavy atom. The van der Waals surface area contributed by atoms with Crippen LogP contribution in [0.4, 0.5) is 0 Å². The van der Waals surface area contributed by atoms with Gasteiger partial charge in [0.15, 0.2) is 0 Å². The predicted octanol–water partition coefficient (Wildman–Crippen LogP) is 14.2. The zero-order valence-electron chi connectivity index (χ0n) is 27.4. The molecule has 236 valence electrons. The minimum atomic E-state index is 0.916. The van der Waals surface area contributed by atoms with Crippen LogP contribution in [-0.2, 0) is 0 Å². The molecule has 0 unspecified atom stereocenters. The first-order valence-corrected chi connectivity index (χ1v) is 18.2. The van der Waals surface area contributed by atoms with Gasteiger partial charge in [0.05, 0.1) is 15.7 Å². The van der Waals surface area contributed by atoms with Gasteiger partial charge in [-0.3, -0.25) is 0 Å². The van der Waals surface area contributed by atoms with E-state index in [2.05, 4.69) is 156 Å². The van der Waals surface area contributed by atoms with Crippen LogP contribution >= 0.6 is 11.3 Å². The summed E-state index contributed by atoms with van der Waals surface area (Å²) >= 11 is 1.92. The summed E-state index contributed by atoms with van der Waals surface area (Å²) in [5.41, 5.74) is 7.79. The van der Waals surface area contributed by atoms with Crippen molar-refractivity contribution in [2.24, 2.45) is 0 Å². The highest BCUT2D eigenvalue weighted by molar-refractivity contribution is 7.27. The van der Waals surface area contributed by atoms with E-state index in [0.717, 1.165) is 38.8 Å². The molecule has 9 aromatic carbocycles. The summed E-state index contributed by atoms with van der Waals surface area (Å²) in [7, 11) is 0. The highest BCUT2D eigenvalue weighted by atomic mass is 32.1. The average molecular weight is 666 g/mol. The summed E-state index contributed by atoms with van der Waals surface area (Å²) in [4.78, 5) is 0. The Morgan fingerprint density at radius 2 is 0.961 bits per heavy atom. The Balaban J connectivity index is 1.20. The van der Waals surface area contributed by atoms with Gasteiger partial charge >= 0.3 is 0 Å². The van der Waals surface area contributed by atoms with Gasteiger partial charge in [-0.15, -0.1) is 11.3 Å². The molecule has 0 radical (unpaired) electrons. The molecule has 0 saturated carbocycles. The van der Waals surface area contributed by atoms with Gasteiger partial charge in [0, 0.05) is 53.5 Å². The molecule has 0 atom stereocenters. The Hall–Kier alpha value is -6.42. The average Bonchev–Trinajstić information content (AvgIpc) is 3.87. The molecule has 0 aliphatic heterocycles. The zero-order chi connectivity index (χ0) is 33.2. The molecule has 12 aromatic rings. The first kappa shape index (κ1) is 27.4. The van der Waals surface area contributed by atoms with Gasteiger partial charge in [0.1, 0.15) is 11.2 Å². The van der Waals surface area contributed by atoms with E-state index in [9.17, 15) is 0 Å². The molecule has 51 heavy (non-hydrogen) atoms. The lowest BCUT2D eigenvalue weighted by Gasteiger charge is -2.15. The first-order chi connectivity index (χ1) is 25.3. The minimum absolute atomic E-state index is 0.916. The third-order valence-corrected chi connectivity index (χ3v) is 12.1. The van der Waals surface area contributed by atoms with Crippen LogP contribution in [0.1, 0.15) is 0 Å². The summed E-state index contributed by atoms with van der Waals surface area (Å²) < 4.78 is 11.4. The Kier molecular flexibility index (Phi) is 5.41. The Labute approximate surface area is 296 Å². The number of rotatable bonds is 2. The quantitative estimate of drug-likeness (QED) is 0.168.